The number of aromatic nitrogens is 4. The maximum atomic E-state index is 11.3. The van der Waals surface area contributed by atoms with Crippen molar-refractivity contribution in [3.8, 4) is 5.82 Å². The fourth-order valence-electron chi connectivity index (χ4n) is 1.92. The van der Waals surface area contributed by atoms with Crippen LogP contribution < -0.4 is 5.56 Å². The maximum absolute atomic E-state index is 11.3. The third kappa shape index (κ3) is 1.52. The molecule has 1 aromatic carbocycles. The van der Waals surface area contributed by atoms with Gasteiger partial charge in [-0.1, -0.05) is 12.1 Å². The summed E-state index contributed by atoms with van der Waals surface area (Å²) in [6.07, 6.45) is 1.39. The van der Waals surface area contributed by atoms with Crippen molar-refractivity contribution in [2.24, 2.45) is 0 Å². The number of para-hydroxylation sites is 2. The average molecular weight is 226 g/mol. The lowest BCUT2D eigenvalue weighted by Gasteiger charge is -2.04. The molecule has 0 aliphatic carbocycles. The highest BCUT2D eigenvalue weighted by molar-refractivity contribution is 5.77. The highest BCUT2D eigenvalue weighted by Crippen LogP contribution is 2.18. The fraction of sp³-hybridized carbons (Fsp3) is 0.0833. The van der Waals surface area contributed by atoms with E-state index in [2.05, 4.69) is 15.0 Å². The number of aromatic amines is 1. The Balaban J connectivity index is 2.37. The Kier molecular flexibility index (Phi) is 2.04. The Morgan fingerprint density at radius 1 is 1.29 bits per heavy atom. The molecule has 5 nitrogen and oxygen atoms in total. The lowest BCUT2D eigenvalue weighted by molar-refractivity contribution is 0.933. The van der Waals surface area contributed by atoms with Gasteiger partial charge in [-0.25, -0.2) is 9.97 Å². The van der Waals surface area contributed by atoms with Gasteiger partial charge in [0.1, 0.15) is 11.6 Å². The first-order valence-corrected chi connectivity index (χ1v) is 5.25. The second kappa shape index (κ2) is 3.55. The Labute approximate surface area is 96.8 Å². The van der Waals surface area contributed by atoms with E-state index < -0.39 is 0 Å². The molecular formula is C12H10N4O. The second-order valence-electron chi connectivity index (χ2n) is 3.75. The van der Waals surface area contributed by atoms with Crippen LogP contribution in [0.25, 0.3) is 16.9 Å². The maximum Gasteiger partial charge on any atom is 0.252 e. The van der Waals surface area contributed by atoms with Crippen LogP contribution in [-0.4, -0.2) is 19.5 Å². The minimum absolute atomic E-state index is 0.174. The Morgan fingerprint density at radius 3 is 2.94 bits per heavy atom. The molecule has 0 saturated carbocycles. The smallest absolute Gasteiger partial charge is 0.252 e. The molecular weight excluding hydrogens is 216 g/mol. The number of rotatable bonds is 1. The molecule has 0 fully saturated rings. The zero-order valence-electron chi connectivity index (χ0n) is 9.21. The van der Waals surface area contributed by atoms with Crippen molar-refractivity contribution in [1.29, 1.82) is 0 Å². The molecule has 3 aromatic rings. The predicted octanol–water partition coefficient (Wildman–Crippen LogP) is 1.42. The first-order valence-electron chi connectivity index (χ1n) is 5.25. The lowest BCUT2D eigenvalue weighted by atomic mass is 10.3. The zero-order valence-corrected chi connectivity index (χ0v) is 9.21. The topological polar surface area (TPSA) is 63.6 Å². The van der Waals surface area contributed by atoms with Gasteiger partial charge >= 0.3 is 0 Å². The van der Waals surface area contributed by atoms with E-state index in [-0.39, 0.29) is 5.56 Å². The molecule has 0 aliphatic heterocycles. The molecule has 0 aliphatic rings. The summed E-state index contributed by atoms with van der Waals surface area (Å²) in [5.41, 5.74) is 1.67. The monoisotopic (exact) mass is 226 g/mol. The minimum atomic E-state index is -0.174. The third-order valence-corrected chi connectivity index (χ3v) is 2.62. The summed E-state index contributed by atoms with van der Waals surface area (Å²) in [6.45, 7) is 1.89. The second-order valence-corrected chi connectivity index (χ2v) is 3.75. The molecule has 1 N–H and O–H groups in total. The molecule has 5 heteroatoms. The summed E-state index contributed by atoms with van der Waals surface area (Å²) in [7, 11) is 0. The van der Waals surface area contributed by atoms with Crippen LogP contribution in [-0.2, 0) is 0 Å². The van der Waals surface area contributed by atoms with E-state index >= 15 is 0 Å². The number of aryl methyl sites for hydroxylation is 1. The molecule has 0 spiro atoms. The summed E-state index contributed by atoms with van der Waals surface area (Å²) >= 11 is 0. The molecule has 84 valence electrons. The molecule has 2 heterocycles. The Morgan fingerprint density at radius 2 is 2.12 bits per heavy atom. The largest absolute Gasteiger partial charge is 0.313 e. The van der Waals surface area contributed by atoms with Gasteiger partial charge in [-0.15, -0.1) is 0 Å². The highest BCUT2D eigenvalue weighted by atomic mass is 16.1. The van der Waals surface area contributed by atoms with E-state index in [0.29, 0.717) is 5.82 Å². The highest BCUT2D eigenvalue weighted by Gasteiger charge is 2.09. The van der Waals surface area contributed by atoms with Crippen LogP contribution in [0.15, 0.2) is 41.5 Å². The lowest BCUT2D eigenvalue weighted by Crippen LogP contribution is -2.09. The van der Waals surface area contributed by atoms with E-state index in [1.807, 2.05) is 35.8 Å². The van der Waals surface area contributed by atoms with E-state index in [9.17, 15) is 4.79 Å². The molecule has 0 saturated heterocycles. The quantitative estimate of drug-likeness (QED) is 0.682. The standard InChI is InChI=1S/C12H10N4O/c1-8-15-9-4-2-3-5-10(9)16(8)11-6-12(17)14-7-13-11/h2-7H,1H3,(H,13,14,17). The number of hydrogen-bond acceptors (Lipinski definition) is 3. The first kappa shape index (κ1) is 9.77. The van der Waals surface area contributed by atoms with Crippen LogP contribution in [0.3, 0.4) is 0 Å². The number of fused-ring (bicyclic) bond motifs is 1. The van der Waals surface area contributed by atoms with Crippen LogP contribution in [0, 0.1) is 6.92 Å². The Hall–Kier alpha value is -2.43. The molecule has 2 aromatic heterocycles. The number of H-pyrrole nitrogens is 1. The van der Waals surface area contributed by atoms with Gasteiger partial charge in [-0.2, -0.15) is 0 Å². The molecule has 3 rings (SSSR count). The molecule has 17 heavy (non-hydrogen) atoms. The van der Waals surface area contributed by atoms with Gasteiger partial charge in [-0.05, 0) is 19.1 Å². The molecule has 0 amide bonds. The van der Waals surface area contributed by atoms with Crippen molar-refractivity contribution < 1.29 is 0 Å². The molecule has 0 bridgehead atoms. The number of hydrogen-bond donors (Lipinski definition) is 1. The average Bonchev–Trinajstić information content (AvgIpc) is 2.64. The van der Waals surface area contributed by atoms with Crippen LogP contribution in [0.1, 0.15) is 5.82 Å². The Bertz CT molecular complexity index is 741. The summed E-state index contributed by atoms with van der Waals surface area (Å²) in [5.74, 6) is 1.39. The van der Waals surface area contributed by atoms with Gasteiger partial charge in [0.05, 0.1) is 17.4 Å². The first-order chi connectivity index (χ1) is 8.25. The zero-order chi connectivity index (χ0) is 11.8. The fourth-order valence-corrected chi connectivity index (χ4v) is 1.92. The third-order valence-electron chi connectivity index (χ3n) is 2.62. The van der Waals surface area contributed by atoms with Crippen molar-refractivity contribution in [3.63, 3.8) is 0 Å². The van der Waals surface area contributed by atoms with Gasteiger partial charge in [-0.3, -0.25) is 9.36 Å². The summed E-state index contributed by atoms with van der Waals surface area (Å²) in [4.78, 5) is 22.4. The van der Waals surface area contributed by atoms with Crippen LogP contribution in [0.5, 0.6) is 0 Å². The van der Waals surface area contributed by atoms with Crippen molar-refractivity contribution in [3.05, 3.63) is 52.8 Å². The van der Waals surface area contributed by atoms with E-state index in [1.54, 1.807) is 0 Å². The molecule has 0 radical (unpaired) electrons. The van der Waals surface area contributed by atoms with Gasteiger partial charge < -0.3 is 4.98 Å². The number of nitrogens with one attached hydrogen (secondary N) is 1. The van der Waals surface area contributed by atoms with Gasteiger partial charge in [0, 0.05) is 6.07 Å². The van der Waals surface area contributed by atoms with Gasteiger partial charge in [0.15, 0.2) is 0 Å². The minimum Gasteiger partial charge on any atom is -0.313 e. The van der Waals surface area contributed by atoms with Crippen LogP contribution in [0.4, 0.5) is 0 Å². The number of benzene rings is 1. The normalized spacial score (nSPS) is 10.9. The van der Waals surface area contributed by atoms with E-state index in [0.717, 1.165) is 16.9 Å². The molecule has 0 atom stereocenters. The number of imidazole rings is 1. The van der Waals surface area contributed by atoms with Crippen molar-refractivity contribution >= 4 is 11.0 Å². The van der Waals surface area contributed by atoms with Crippen molar-refractivity contribution in [1.82, 2.24) is 19.5 Å². The van der Waals surface area contributed by atoms with Gasteiger partial charge in [0.2, 0.25) is 0 Å². The summed E-state index contributed by atoms with van der Waals surface area (Å²) in [5, 5.41) is 0. The van der Waals surface area contributed by atoms with Crippen molar-refractivity contribution in [2.45, 2.75) is 6.92 Å². The predicted molar refractivity (Wildman–Crippen MR) is 64.2 cm³/mol. The van der Waals surface area contributed by atoms with Crippen LogP contribution >= 0.6 is 0 Å². The van der Waals surface area contributed by atoms with E-state index in [4.69, 9.17) is 0 Å². The summed E-state index contributed by atoms with van der Waals surface area (Å²) < 4.78 is 1.87. The van der Waals surface area contributed by atoms with Crippen LogP contribution in [0.2, 0.25) is 0 Å². The van der Waals surface area contributed by atoms with E-state index in [1.165, 1.54) is 12.4 Å². The SMILES string of the molecule is Cc1nc2ccccc2n1-c1cc(=O)[nH]cn1. The molecule has 0 unspecified atom stereocenters. The number of nitrogens with zero attached hydrogens (tertiary/aromatic N) is 3. The summed E-state index contributed by atoms with van der Waals surface area (Å²) in [6, 6.07) is 9.22. The van der Waals surface area contributed by atoms with Gasteiger partial charge in [0.25, 0.3) is 5.56 Å². The van der Waals surface area contributed by atoms with Crippen molar-refractivity contribution in [2.75, 3.05) is 0 Å².